The van der Waals surface area contributed by atoms with Crippen LogP contribution in [0, 0.1) is 5.92 Å². The Kier molecular flexibility index (Phi) is 8.51. The molecule has 2 N–H and O–H groups in total. The summed E-state index contributed by atoms with van der Waals surface area (Å²) < 4.78 is 10.9. The number of ether oxygens (including phenoxy) is 2. The SMILES string of the molecule is CCOc1cc(CN=C(N)N2CCCC(C)C2)ccc1OC.I. The summed E-state index contributed by atoms with van der Waals surface area (Å²) in [7, 11) is 1.64. The van der Waals surface area contributed by atoms with E-state index in [2.05, 4.69) is 16.8 Å². The van der Waals surface area contributed by atoms with E-state index in [4.69, 9.17) is 15.2 Å². The molecule has 130 valence electrons. The van der Waals surface area contributed by atoms with E-state index in [1.807, 2.05) is 25.1 Å². The molecule has 1 aromatic carbocycles. The lowest BCUT2D eigenvalue weighted by molar-refractivity contribution is 0.270. The number of hydrogen-bond acceptors (Lipinski definition) is 3. The topological polar surface area (TPSA) is 60.1 Å². The van der Waals surface area contributed by atoms with Gasteiger partial charge in [-0.3, -0.25) is 0 Å². The van der Waals surface area contributed by atoms with E-state index >= 15 is 0 Å². The van der Waals surface area contributed by atoms with Crippen molar-refractivity contribution >= 4 is 29.9 Å². The van der Waals surface area contributed by atoms with Crippen LogP contribution >= 0.6 is 24.0 Å². The third-order valence-electron chi connectivity index (χ3n) is 3.93. The molecule has 1 heterocycles. The van der Waals surface area contributed by atoms with E-state index < -0.39 is 0 Å². The Morgan fingerprint density at radius 3 is 2.83 bits per heavy atom. The van der Waals surface area contributed by atoms with Gasteiger partial charge in [0.05, 0.1) is 20.3 Å². The predicted octanol–water partition coefficient (Wildman–Crippen LogP) is 3.26. The number of methoxy groups -OCH3 is 1. The molecule has 1 atom stereocenters. The Bertz CT molecular complexity index is 523. The molecule has 1 aliphatic rings. The summed E-state index contributed by atoms with van der Waals surface area (Å²) in [6, 6.07) is 5.88. The van der Waals surface area contributed by atoms with Crippen LogP contribution in [0.3, 0.4) is 0 Å². The van der Waals surface area contributed by atoms with Crippen molar-refractivity contribution in [3.8, 4) is 11.5 Å². The van der Waals surface area contributed by atoms with Gasteiger partial charge in [0.15, 0.2) is 17.5 Å². The van der Waals surface area contributed by atoms with Gasteiger partial charge in [-0.15, -0.1) is 24.0 Å². The van der Waals surface area contributed by atoms with Crippen LogP contribution in [-0.2, 0) is 6.54 Å². The molecule has 1 unspecified atom stereocenters. The molecule has 0 radical (unpaired) electrons. The van der Waals surface area contributed by atoms with E-state index in [0.29, 0.717) is 25.0 Å². The van der Waals surface area contributed by atoms with Gasteiger partial charge in [0.1, 0.15) is 0 Å². The number of rotatable bonds is 5. The fraction of sp³-hybridized carbons (Fsp3) is 0.588. The van der Waals surface area contributed by atoms with E-state index in [1.54, 1.807) is 7.11 Å². The van der Waals surface area contributed by atoms with E-state index in [9.17, 15) is 0 Å². The van der Waals surface area contributed by atoms with Crippen molar-refractivity contribution in [1.82, 2.24) is 4.90 Å². The molecule has 1 aliphatic heterocycles. The predicted molar refractivity (Wildman–Crippen MR) is 105 cm³/mol. The average Bonchev–Trinajstić information content (AvgIpc) is 2.53. The number of nitrogens with two attached hydrogens (primary N) is 1. The van der Waals surface area contributed by atoms with Crippen molar-refractivity contribution < 1.29 is 9.47 Å². The van der Waals surface area contributed by atoms with E-state index in [-0.39, 0.29) is 24.0 Å². The summed E-state index contributed by atoms with van der Waals surface area (Å²) in [5.41, 5.74) is 7.20. The van der Waals surface area contributed by atoms with Gasteiger partial charge in [-0.2, -0.15) is 0 Å². The zero-order chi connectivity index (χ0) is 15.9. The molecule has 6 heteroatoms. The number of halogens is 1. The molecule has 0 saturated carbocycles. The minimum atomic E-state index is 0. The molecule has 5 nitrogen and oxygen atoms in total. The van der Waals surface area contributed by atoms with Crippen LogP contribution in [0.2, 0.25) is 0 Å². The van der Waals surface area contributed by atoms with Crippen LogP contribution in [0.5, 0.6) is 11.5 Å². The maximum atomic E-state index is 6.13. The third kappa shape index (κ3) is 5.75. The van der Waals surface area contributed by atoms with E-state index in [1.165, 1.54) is 12.8 Å². The zero-order valence-corrected chi connectivity index (χ0v) is 16.6. The second-order valence-corrected chi connectivity index (χ2v) is 5.79. The largest absolute Gasteiger partial charge is 0.493 e. The second kappa shape index (κ2) is 9.85. The average molecular weight is 433 g/mol. The zero-order valence-electron chi connectivity index (χ0n) is 14.2. The summed E-state index contributed by atoms with van der Waals surface area (Å²) in [6.45, 7) is 7.39. The van der Waals surface area contributed by atoms with Crippen LogP contribution in [0.4, 0.5) is 0 Å². The van der Waals surface area contributed by atoms with Gasteiger partial charge in [0, 0.05) is 13.1 Å². The van der Waals surface area contributed by atoms with Crippen LogP contribution in [0.1, 0.15) is 32.3 Å². The number of aliphatic imine (C=N–C) groups is 1. The molecule has 2 rings (SSSR count). The normalized spacial score (nSPS) is 18.3. The number of benzene rings is 1. The van der Waals surface area contributed by atoms with Crippen molar-refractivity contribution in [2.75, 3.05) is 26.8 Å². The summed E-state index contributed by atoms with van der Waals surface area (Å²) >= 11 is 0. The first-order valence-electron chi connectivity index (χ1n) is 7.98. The fourth-order valence-electron chi connectivity index (χ4n) is 2.76. The van der Waals surface area contributed by atoms with Gasteiger partial charge in [-0.25, -0.2) is 4.99 Å². The summed E-state index contributed by atoms with van der Waals surface area (Å²) in [4.78, 5) is 6.71. The number of piperidine rings is 1. The quantitative estimate of drug-likeness (QED) is 0.440. The first kappa shape index (κ1) is 19.9. The van der Waals surface area contributed by atoms with Gasteiger partial charge in [0.25, 0.3) is 0 Å². The maximum absolute atomic E-state index is 6.13. The molecule has 23 heavy (non-hydrogen) atoms. The highest BCUT2D eigenvalue weighted by Gasteiger charge is 2.17. The second-order valence-electron chi connectivity index (χ2n) is 5.79. The van der Waals surface area contributed by atoms with Crippen molar-refractivity contribution in [2.45, 2.75) is 33.2 Å². The van der Waals surface area contributed by atoms with Crippen LogP contribution in [0.25, 0.3) is 0 Å². The van der Waals surface area contributed by atoms with Crippen LogP contribution < -0.4 is 15.2 Å². The van der Waals surface area contributed by atoms with Crippen molar-refractivity contribution in [2.24, 2.45) is 16.6 Å². The van der Waals surface area contributed by atoms with Crippen molar-refractivity contribution in [3.05, 3.63) is 23.8 Å². The standard InChI is InChI=1S/C17H27N3O2.HI/c1-4-22-16-10-14(7-8-15(16)21-3)11-19-17(18)20-9-5-6-13(2)12-20;/h7-8,10,13H,4-6,9,11-12H2,1-3H3,(H2,18,19);1H. The highest BCUT2D eigenvalue weighted by atomic mass is 127. The highest BCUT2D eigenvalue weighted by molar-refractivity contribution is 14.0. The summed E-state index contributed by atoms with van der Waals surface area (Å²) in [5.74, 6) is 2.82. The molecule has 1 aromatic rings. The Labute approximate surface area is 156 Å². The smallest absolute Gasteiger partial charge is 0.191 e. The maximum Gasteiger partial charge on any atom is 0.191 e. The van der Waals surface area contributed by atoms with Gasteiger partial charge in [-0.05, 0) is 43.4 Å². The molecular formula is C17H28IN3O2. The first-order valence-corrected chi connectivity index (χ1v) is 7.98. The molecule has 0 aromatic heterocycles. The molecule has 1 fully saturated rings. The Balaban J connectivity index is 0.00000264. The number of likely N-dealkylation sites (tertiary alicyclic amines) is 1. The molecule has 0 aliphatic carbocycles. The van der Waals surface area contributed by atoms with Crippen LogP contribution in [-0.4, -0.2) is 37.7 Å². The minimum Gasteiger partial charge on any atom is -0.493 e. The lowest BCUT2D eigenvalue weighted by Crippen LogP contribution is -2.43. The van der Waals surface area contributed by atoms with Gasteiger partial charge in [-0.1, -0.05) is 13.0 Å². The summed E-state index contributed by atoms with van der Waals surface area (Å²) in [6.07, 6.45) is 2.47. The number of hydrogen-bond donors (Lipinski definition) is 1. The van der Waals surface area contributed by atoms with Gasteiger partial charge < -0.3 is 20.1 Å². The molecule has 0 bridgehead atoms. The lowest BCUT2D eigenvalue weighted by atomic mass is 10.0. The lowest BCUT2D eigenvalue weighted by Gasteiger charge is -2.31. The number of guanidine groups is 1. The summed E-state index contributed by atoms with van der Waals surface area (Å²) in [5, 5.41) is 0. The van der Waals surface area contributed by atoms with Gasteiger partial charge in [0.2, 0.25) is 0 Å². The van der Waals surface area contributed by atoms with Gasteiger partial charge >= 0.3 is 0 Å². The van der Waals surface area contributed by atoms with Crippen molar-refractivity contribution in [3.63, 3.8) is 0 Å². The molecule has 0 spiro atoms. The van der Waals surface area contributed by atoms with Crippen LogP contribution in [0.15, 0.2) is 23.2 Å². The third-order valence-corrected chi connectivity index (χ3v) is 3.93. The Morgan fingerprint density at radius 2 is 2.17 bits per heavy atom. The fourth-order valence-corrected chi connectivity index (χ4v) is 2.76. The van der Waals surface area contributed by atoms with E-state index in [0.717, 1.165) is 30.2 Å². The highest BCUT2D eigenvalue weighted by Crippen LogP contribution is 2.28. The minimum absolute atomic E-state index is 0. The first-order chi connectivity index (χ1) is 10.6. The monoisotopic (exact) mass is 433 g/mol. The molecule has 1 saturated heterocycles. The van der Waals surface area contributed by atoms with Crippen molar-refractivity contribution in [1.29, 1.82) is 0 Å². The molecule has 0 amide bonds. The molecular weight excluding hydrogens is 405 g/mol. The number of nitrogens with zero attached hydrogens (tertiary/aromatic N) is 2. The Hall–Kier alpha value is -1.18. The Morgan fingerprint density at radius 1 is 1.39 bits per heavy atom.